The minimum absolute atomic E-state index is 0.356. The maximum absolute atomic E-state index is 11.8. The van der Waals surface area contributed by atoms with E-state index < -0.39 is 22.5 Å². The molecule has 2 N–H and O–H groups in total. The van der Waals surface area contributed by atoms with Crippen LogP contribution in [0.2, 0.25) is 0 Å². The van der Waals surface area contributed by atoms with Crippen molar-refractivity contribution in [2.45, 2.75) is 117 Å². The number of carboxylic acid groups (broad SMARTS) is 1. The zero-order chi connectivity index (χ0) is 23.8. The van der Waals surface area contributed by atoms with Crippen molar-refractivity contribution in [1.29, 1.82) is 0 Å². The van der Waals surface area contributed by atoms with Gasteiger partial charge in [0.2, 0.25) is 5.75 Å². The normalized spacial score (nSPS) is 10.9. The minimum atomic E-state index is -1.60. The molecule has 7 nitrogen and oxygen atoms in total. The van der Waals surface area contributed by atoms with Crippen molar-refractivity contribution in [1.82, 2.24) is 0 Å². The van der Waals surface area contributed by atoms with Crippen LogP contribution in [-0.4, -0.2) is 21.3 Å². The molecular formula is C25H41NO6. The summed E-state index contributed by atoms with van der Waals surface area (Å²) < 4.78 is 4.65. The summed E-state index contributed by atoms with van der Waals surface area (Å²) in [6.45, 7) is 4.36. The molecule has 0 atom stereocenters. The van der Waals surface area contributed by atoms with E-state index in [1.165, 1.54) is 51.0 Å². The van der Waals surface area contributed by atoms with E-state index in [4.69, 9.17) is 5.11 Å². The molecule has 32 heavy (non-hydrogen) atoms. The van der Waals surface area contributed by atoms with Crippen molar-refractivity contribution in [2.24, 2.45) is 0 Å². The smallest absolute Gasteiger partial charge is 0.499 e. The van der Waals surface area contributed by atoms with Gasteiger partial charge in [0.15, 0.2) is 5.75 Å². The zero-order valence-electron chi connectivity index (χ0n) is 19.9. The maximum Gasteiger partial charge on any atom is 0.511 e. The minimum Gasteiger partial charge on any atom is -0.499 e. The Morgan fingerprint density at radius 3 is 1.81 bits per heavy atom. The number of hydrogen-bond donors (Lipinski definition) is 2. The number of phenols is 1. The molecule has 0 aliphatic heterocycles. The van der Waals surface area contributed by atoms with Gasteiger partial charge in [-0.2, -0.15) is 0 Å². The first-order valence-electron chi connectivity index (χ1n) is 12.3. The van der Waals surface area contributed by atoms with Crippen LogP contribution in [0.4, 0.5) is 10.5 Å². The second kappa shape index (κ2) is 16.3. The Labute approximate surface area is 192 Å². The number of hydrogen-bond acceptors (Lipinski definition) is 5. The van der Waals surface area contributed by atoms with Gasteiger partial charge >= 0.3 is 11.8 Å². The van der Waals surface area contributed by atoms with Gasteiger partial charge in [0.05, 0.1) is 4.92 Å². The molecule has 0 saturated carbocycles. The summed E-state index contributed by atoms with van der Waals surface area (Å²) in [5.74, 6) is -1.05. The third kappa shape index (κ3) is 10.3. The number of nitro groups is 1. The van der Waals surface area contributed by atoms with E-state index in [0.717, 1.165) is 44.9 Å². The first-order valence-corrected chi connectivity index (χ1v) is 12.3. The molecule has 0 aliphatic rings. The molecule has 0 unspecified atom stereocenters. The van der Waals surface area contributed by atoms with Crippen LogP contribution in [0, 0.1) is 10.1 Å². The fraction of sp³-hybridized carbons (Fsp3) is 0.720. The molecule has 0 aromatic heterocycles. The average Bonchev–Trinajstić information content (AvgIpc) is 2.74. The molecule has 0 spiro atoms. The number of aromatic hydroxyl groups is 1. The molecule has 0 saturated heterocycles. The molecular weight excluding hydrogens is 410 g/mol. The maximum atomic E-state index is 11.8. The van der Waals surface area contributed by atoms with Gasteiger partial charge in [0.1, 0.15) is 0 Å². The summed E-state index contributed by atoms with van der Waals surface area (Å²) in [7, 11) is 0. The monoisotopic (exact) mass is 451 g/mol. The van der Waals surface area contributed by atoms with Gasteiger partial charge in [0.25, 0.3) is 0 Å². The van der Waals surface area contributed by atoms with Crippen molar-refractivity contribution < 1.29 is 24.7 Å². The topological polar surface area (TPSA) is 110 Å². The first-order chi connectivity index (χ1) is 15.4. The lowest BCUT2D eigenvalue weighted by Crippen LogP contribution is -2.08. The first kappa shape index (κ1) is 27.7. The van der Waals surface area contributed by atoms with Crippen molar-refractivity contribution in [3.05, 3.63) is 27.3 Å². The van der Waals surface area contributed by atoms with Crippen molar-refractivity contribution in [2.75, 3.05) is 0 Å². The van der Waals surface area contributed by atoms with Gasteiger partial charge in [-0.25, -0.2) is 4.79 Å². The highest BCUT2D eigenvalue weighted by atomic mass is 16.7. The van der Waals surface area contributed by atoms with Crippen LogP contribution in [0.3, 0.4) is 0 Å². The van der Waals surface area contributed by atoms with Crippen molar-refractivity contribution in [3.8, 4) is 11.5 Å². The third-order valence-electron chi connectivity index (χ3n) is 5.90. The second-order valence-electron chi connectivity index (χ2n) is 8.58. The molecule has 1 aromatic rings. The van der Waals surface area contributed by atoms with Crippen LogP contribution in [0.15, 0.2) is 6.07 Å². The summed E-state index contributed by atoms with van der Waals surface area (Å²) in [4.78, 5) is 22.1. The summed E-state index contributed by atoms with van der Waals surface area (Å²) in [5, 5.41) is 31.1. The highest BCUT2D eigenvalue weighted by Gasteiger charge is 2.28. The predicted molar refractivity (Wildman–Crippen MR) is 127 cm³/mol. The molecule has 0 aliphatic carbocycles. The predicted octanol–water partition coefficient (Wildman–Crippen LogP) is 7.94. The second-order valence-corrected chi connectivity index (χ2v) is 8.58. The van der Waals surface area contributed by atoms with E-state index in [-0.39, 0.29) is 5.75 Å². The van der Waals surface area contributed by atoms with E-state index in [1.807, 2.05) is 0 Å². The van der Waals surface area contributed by atoms with Crippen molar-refractivity contribution in [3.63, 3.8) is 0 Å². The lowest BCUT2D eigenvalue weighted by Gasteiger charge is -2.14. The van der Waals surface area contributed by atoms with Crippen LogP contribution in [0.25, 0.3) is 0 Å². The lowest BCUT2D eigenvalue weighted by atomic mass is 9.94. The molecule has 0 heterocycles. The van der Waals surface area contributed by atoms with Gasteiger partial charge in [-0.1, -0.05) is 90.9 Å². The summed E-state index contributed by atoms with van der Waals surface area (Å²) in [5.41, 5.74) is 0.822. The van der Waals surface area contributed by atoms with E-state index in [9.17, 15) is 20.0 Å². The van der Waals surface area contributed by atoms with Crippen LogP contribution < -0.4 is 4.74 Å². The number of carbonyl (C=O) groups is 1. The quantitative estimate of drug-likeness (QED) is 0.0770. The Balaban J connectivity index is 2.91. The van der Waals surface area contributed by atoms with Crippen LogP contribution in [0.1, 0.15) is 115 Å². The van der Waals surface area contributed by atoms with Crippen LogP contribution >= 0.6 is 0 Å². The zero-order valence-corrected chi connectivity index (χ0v) is 19.9. The van der Waals surface area contributed by atoms with Crippen LogP contribution in [-0.2, 0) is 12.8 Å². The summed E-state index contributed by atoms with van der Waals surface area (Å²) in [6.07, 6.45) is 15.0. The van der Waals surface area contributed by atoms with Crippen LogP contribution in [0.5, 0.6) is 11.5 Å². The van der Waals surface area contributed by atoms with E-state index in [1.54, 1.807) is 0 Å². The number of nitro benzene ring substituents is 1. The number of rotatable bonds is 18. The Morgan fingerprint density at radius 2 is 1.34 bits per heavy atom. The number of nitrogens with zero attached hydrogens (tertiary/aromatic N) is 1. The lowest BCUT2D eigenvalue weighted by molar-refractivity contribution is -0.386. The number of ether oxygens (including phenoxy) is 1. The fourth-order valence-corrected chi connectivity index (χ4v) is 4.13. The van der Waals surface area contributed by atoms with E-state index >= 15 is 0 Å². The Kier molecular flexibility index (Phi) is 14.2. The van der Waals surface area contributed by atoms with E-state index in [2.05, 4.69) is 18.6 Å². The molecule has 1 rings (SSSR count). The highest BCUT2D eigenvalue weighted by molar-refractivity contribution is 5.69. The number of benzene rings is 1. The fourth-order valence-electron chi connectivity index (χ4n) is 4.13. The largest absolute Gasteiger partial charge is 0.511 e. The average molecular weight is 452 g/mol. The van der Waals surface area contributed by atoms with Gasteiger partial charge in [-0.05, 0) is 37.3 Å². The molecule has 0 radical (unpaired) electrons. The number of unbranched alkanes of at least 4 members (excludes halogenated alkanes) is 12. The van der Waals surface area contributed by atoms with Gasteiger partial charge in [-0.15, -0.1) is 0 Å². The SMILES string of the molecule is CCCCCCCCCc1cc(OC(=O)O)c(O)c([N+](=O)[O-])c1CCCCCCCCC. The molecule has 0 amide bonds. The molecule has 1 aromatic carbocycles. The highest BCUT2D eigenvalue weighted by Crippen LogP contribution is 2.42. The third-order valence-corrected chi connectivity index (χ3v) is 5.90. The number of aryl methyl sites for hydroxylation is 1. The summed E-state index contributed by atoms with van der Waals surface area (Å²) in [6, 6.07) is 1.48. The van der Waals surface area contributed by atoms with Gasteiger partial charge < -0.3 is 14.9 Å². The summed E-state index contributed by atoms with van der Waals surface area (Å²) >= 11 is 0. The molecule has 7 heteroatoms. The molecule has 182 valence electrons. The molecule has 0 fully saturated rings. The Hall–Kier alpha value is -2.31. The van der Waals surface area contributed by atoms with Gasteiger partial charge in [-0.3, -0.25) is 10.1 Å². The standard InChI is InChI=1S/C25H41NO6/c1-3-5-7-9-11-13-15-17-20-19-22(32-25(28)29)24(27)23(26(30)31)21(20)18-16-14-12-10-8-6-4-2/h19,27H,3-18H2,1-2H3,(H,28,29). The Bertz CT molecular complexity index is 704. The van der Waals surface area contributed by atoms with Crippen molar-refractivity contribution >= 4 is 11.8 Å². The Morgan fingerprint density at radius 1 is 0.875 bits per heavy atom. The van der Waals surface area contributed by atoms with Gasteiger partial charge in [0, 0.05) is 5.56 Å². The number of phenolic OH excluding ortho intramolecular Hbond substituents is 1. The molecule has 0 bridgehead atoms. The van der Waals surface area contributed by atoms with E-state index in [0.29, 0.717) is 24.0 Å².